The predicted octanol–water partition coefficient (Wildman–Crippen LogP) is 0.802. The average molecular weight is 1050 g/mol. The molecular weight excluding hydrogens is 973 g/mol. The summed E-state index contributed by atoms with van der Waals surface area (Å²) >= 11 is 0. The van der Waals surface area contributed by atoms with Crippen LogP contribution in [0.4, 0.5) is 0 Å². The molecule has 3 aromatic carbocycles. The number of likely N-dealkylation sites (tertiary alicyclic amines) is 2. The second-order valence-corrected chi connectivity index (χ2v) is 22.2. The number of hydrogen-bond acceptors (Lipinski definition) is 12. The van der Waals surface area contributed by atoms with E-state index in [9.17, 15) is 48.6 Å². The maximum atomic E-state index is 14.6. The van der Waals surface area contributed by atoms with Gasteiger partial charge >= 0.3 is 0 Å². The van der Waals surface area contributed by atoms with Crippen LogP contribution in [0.2, 0.25) is 0 Å². The van der Waals surface area contributed by atoms with Crippen LogP contribution in [0.3, 0.4) is 0 Å². The van der Waals surface area contributed by atoms with E-state index in [1.807, 2.05) is 60.7 Å². The van der Waals surface area contributed by atoms with Crippen LogP contribution in [0, 0.1) is 10.8 Å². The first-order valence-electron chi connectivity index (χ1n) is 26.1. The monoisotopic (exact) mass is 1050 g/mol. The molecule has 10 N–H and O–H groups in total. The second kappa shape index (κ2) is 26.8. The summed E-state index contributed by atoms with van der Waals surface area (Å²) in [5, 5.41) is 43.8. The molecule has 2 heterocycles. The fraction of sp³-hybridized carbons (Fsp3) is 0.536. The van der Waals surface area contributed by atoms with Crippen molar-refractivity contribution in [1.29, 1.82) is 0 Å². The lowest BCUT2D eigenvalue weighted by molar-refractivity contribution is -0.144. The van der Waals surface area contributed by atoms with E-state index < -0.39 is 119 Å². The van der Waals surface area contributed by atoms with Gasteiger partial charge in [-0.3, -0.25) is 38.4 Å². The Labute approximate surface area is 446 Å². The standard InChI is InChI=1S/C56H80N10O10/c1-33(57-9)47(69)63-45(55(3,4)5)53(75)65-29-39(27-43(65)51(73)61-41(31-67)24-35-18-13-11-14-19-35)59-49(71)37-22-17-23-38(26-37)50(72)60-40-28-44(52(74)62-42(32-68)25-36-20-15-12-16-21-36)66(30-40)54(76)46(56(6,7)8)64-48(70)34(2)58-10/h11-23,26,33-34,39-46,57-58,67-68H,24-25,27-32H2,1-10H3,(H,59,71)(H,60,72)(H,61,73)(H,62,74)(H,63,69)(H,64,70)/t33-,34-,39-,40-,41-,42-,43?,44?,45+,46?/m0/s1. The first kappa shape index (κ1) is 60.1. The van der Waals surface area contributed by atoms with Crippen molar-refractivity contribution in [3.8, 4) is 0 Å². The average Bonchev–Trinajstić information content (AvgIpc) is 4.03. The summed E-state index contributed by atoms with van der Waals surface area (Å²) in [5.74, 6) is -4.18. The van der Waals surface area contributed by atoms with Crippen molar-refractivity contribution in [2.24, 2.45) is 10.8 Å². The van der Waals surface area contributed by atoms with Crippen molar-refractivity contribution in [2.45, 2.75) is 141 Å². The highest BCUT2D eigenvalue weighted by molar-refractivity contribution is 6.01. The predicted molar refractivity (Wildman–Crippen MR) is 287 cm³/mol. The zero-order valence-electron chi connectivity index (χ0n) is 45.6. The van der Waals surface area contributed by atoms with Crippen molar-refractivity contribution >= 4 is 47.3 Å². The second-order valence-electron chi connectivity index (χ2n) is 22.2. The minimum absolute atomic E-state index is 0.00404. The van der Waals surface area contributed by atoms with Crippen molar-refractivity contribution in [2.75, 3.05) is 40.4 Å². The minimum Gasteiger partial charge on any atom is -0.394 e. The van der Waals surface area contributed by atoms with Gasteiger partial charge in [-0.05, 0) is 93.8 Å². The summed E-state index contributed by atoms with van der Waals surface area (Å²) in [4.78, 5) is 115. The third-order valence-electron chi connectivity index (χ3n) is 14.1. The Morgan fingerprint density at radius 3 is 1.21 bits per heavy atom. The smallest absolute Gasteiger partial charge is 0.251 e. The Hall–Kier alpha value is -6.74. The molecular formula is C56H80N10O10. The van der Waals surface area contributed by atoms with Gasteiger partial charge in [0.2, 0.25) is 35.4 Å². The molecule has 2 aliphatic heterocycles. The Balaban J connectivity index is 1.36. The number of rotatable bonds is 22. The van der Waals surface area contributed by atoms with Crippen LogP contribution in [-0.4, -0.2) is 168 Å². The molecule has 8 amide bonds. The zero-order valence-corrected chi connectivity index (χ0v) is 45.6. The van der Waals surface area contributed by atoms with Gasteiger partial charge in [0.1, 0.15) is 24.2 Å². The molecule has 0 bridgehead atoms. The first-order valence-corrected chi connectivity index (χ1v) is 26.1. The number of likely N-dealkylation sites (N-methyl/N-ethyl adjacent to an activating group) is 2. The fourth-order valence-electron chi connectivity index (χ4n) is 9.34. The van der Waals surface area contributed by atoms with Gasteiger partial charge in [0, 0.05) is 36.3 Å². The molecule has 2 fully saturated rings. The van der Waals surface area contributed by atoms with E-state index in [0.29, 0.717) is 12.8 Å². The molecule has 10 atom stereocenters. The lowest BCUT2D eigenvalue weighted by Crippen LogP contribution is -2.60. The van der Waals surface area contributed by atoms with E-state index in [2.05, 4.69) is 42.5 Å². The molecule has 0 aliphatic carbocycles. The van der Waals surface area contributed by atoms with Crippen LogP contribution < -0.4 is 42.5 Å². The van der Waals surface area contributed by atoms with Gasteiger partial charge in [0.25, 0.3) is 11.8 Å². The van der Waals surface area contributed by atoms with E-state index in [1.54, 1.807) is 69.5 Å². The van der Waals surface area contributed by atoms with Gasteiger partial charge in [-0.1, -0.05) is 108 Å². The van der Waals surface area contributed by atoms with E-state index >= 15 is 0 Å². The number of benzene rings is 3. The van der Waals surface area contributed by atoms with Gasteiger partial charge < -0.3 is 62.5 Å². The summed E-state index contributed by atoms with van der Waals surface area (Å²) in [6.07, 6.45) is 0.626. The molecule has 2 saturated heterocycles. The number of hydrogen-bond donors (Lipinski definition) is 10. The normalized spacial score (nSPS) is 20.0. The Morgan fingerprint density at radius 1 is 0.539 bits per heavy atom. The molecule has 20 heteroatoms. The van der Waals surface area contributed by atoms with E-state index in [0.717, 1.165) is 11.1 Å². The van der Waals surface area contributed by atoms with E-state index in [4.69, 9.17) is 0 Å². The van der Waals surface area contributed by atoms with E-state index in [1.165, 1.54) is 34.1 Å². The lowest BCUT2D eigenvalue weighted by Gasteiger charge is -2.36. The molecule has 76 heavy (non-hydrogen) atoms. The number of aliphatic hydroxyl groups excluding tert-OH is 2. The lowest BCUT2D eigenvalue weighted by atomic mass is 9.85. The van der Waals surface area contributed by atoms with Gasteiger partial charge in [0.05, 0.1) is 37.4 Å². The summed E-state index contributed by atoms with van der Waals surface area (Å²) < 4.78 is 0. The minimum atomic E-state index is -1.10. The molecule has 0 spiro atoms. The zero-order chi connectivity index (χ0) is 56.1. The van der Waals surface area contributed by atoms with Gasteiger partial charge in [-0.15, -0.1) is 0 Å². The van der Waals surface area contributed by atoms with Gasteiger partial charge in [-0.2, -0.15) is 0 Å². The van der Waals surface area contributed by atoms with Crippen molar-refractivity contribution in [3.05, 3.63) is 107 Å². The molecule has 3 unspecified atom stereocenters. The quantitative estimate of drug-likeness (QED) is 0.0670. The molecule has 5 rings (SSSR count). The molecule has 0 saturated carbocycles. The van der Waals surface area contributed by atoms with Crippen molar-refractivity contribution in [3.63, 3.8) is 0 Å². The molecule has 3 aromatic rings. The summed E-state index contributed by atoms with van der Waals surface area (Å²) in [6, 6.07) is 16.1. The fourth-order valence-corrected chi connectivity index (χ4v) is 9.34. The highest BCUT2D eigenvalue weighted by Crippen LogP contribution is 2.29. The number of nitrogens with one attached hydrogen (secondary N) is 8. The highest BCUT2D eigenvalue weighted by Gasteiger charge is 2.48. The third-order valence-corrected chi connectivity index (χ3v) is 14.1. The Bertz CT molecular complexity index is 2330. The topological polar surface area (TPSA) is 280 Å². The molecule has 0 radical (unpaired) electrons. The number of aliphatic hydroxyl groups is 2. The van der Waals surface area contributed by atoms with Crippen molar-refractivity contribution < 1.29 is 48.6 Å². The summed E-state index contributed by atoms with van der Waals surface area (Å²) in [6.45, 7) is 13.1. The first-order chi connectivity index (χ1) is 35.9. The van der Waals surface area contributed by atoms with Crippen LogP contribution in [0.1, 0.15) is 100 Å². The Kier molecular flexibility index (Phi) is 21.2. The molecule has 20 nitrogen and oxygen atoms in total. The SMILES string of the molecule is CN[C@@H](C)C(=O)NC(C(=O)N1C[C@@H](NC(=O)c2cccc(C(=O)N[C@H]3CC(C(=O)N[C@H](CO)Cc4ccccc4)N(C(=O)[C@@H](NC(=O)[C@H](C)NC)C(C)(C)C)C3)c2)CC1C(=O)N[C@H](CO)Cc1ccccc1)C(C)(C)C. The maximum absolute atomic E-state index is 14.6. The molecule has 2 aliphatic rings. The third kappa shape index (κ3) is 16.1. The number of carbonyl (C=O) groups excluding carboxylic acids is 8. The number of nitrogens with zero attached hydrogens (tertiary/aromatic N) is 2. The maximum Gasteiger partial charge on any atom is 0.251 e. The van der Waals surface area contributed by atoms with Gasteiger partial charge in [-0.25, -0.2) is 0 Å². The van der Waals surface area contributed by atoms with Crippen LogP contribution in [0.15, 0.2) is 84.9 Å². The van der Waals surface area contributed by atoms with Crippen LogP contribution in [0.25, 0.3) is 0 Å². The molecule has 0 aromatic heterocycles. The summed E-state index contributed by atoms with van der Waals surface area (Å²) in [7, 11) is 3.24. The van der Waals surface area contributed by atoms with Gasteiger partial charge in [0.15, 0.2) is 0 Å². The van der Waals surface area contributed by atoms with Crippen molar-refractivity contribution in [1.82, 2.24) is 52.3 Å². The number of amides is 8. The molecule has 414 valence electrons. The van der Waals surface area contributed by atoms with Crippen LogP contribution >= 0.6 is 0 Å². The van der Waals surface area contributed by atoms with Crippen LogP contribution in [0.5, 0.6) is 0 Å². The summed E-state index contributed by atoms with van der Waals surface area (Å²) in [5.41, 5.74) is 0.344. The largest absolute Gasteiger partial charge is 0.394 e. The van der Waals surface area contributed by atoms with Crippen LogP contribution in [-0.2, 0) is 41.6 Å². The van der Waals surface area contributed by atoms with E-state index in [-0.39, 0.29) is 50.3 Å². The highest BCUT2D eigenvalue weighted by atomic mass is 16.3. The number of carbonyl (C=O) groups is 8. The Morgan fingerprint density at radius 2 is 0.895 bits per heavy atom.